The van der Waals surface area contributed by atoms with Crippen molar-refractivity contribution in [2.24, 2.45) is 5.73 Å². The first-order valence-corrected chi connectivity index (χ1v) is 7.75. The first-order valence-electron chi connectivity index (χ1n) is 7.75. The van der Waals surface area contributed by atoms with Crippen molar-refractivity contribution < 1.29 is 22.8 Å². The summed E-state index contributed by atoms with van der Waals surface area (Å²) in [6.45, 7) is 2.54. The smallest absolute Gasteiger partial charge is 0.242 e. The standard InChI is InChI=1S/C16H20F3N3O2/c1-9-16(24)21-3-2-4-22(9)15(23)7-11(20)5-10-6-13(18)14(19)8-12(10)17/h6,8-9,11H,2-5,7,20H2,1H3,(H,21,24)/t9?,11-/m1/s1. The van der Waals surface area contributed by atoms with Gasteiger partial charge in [-0.15, -0.1) is 0 Å². The molecule has 0 saturated carbocycles. The summed E-state index contributed by atoms with van der Waals surface area (Å²) < 4.78 is 39.8. The van der Waals surface area contributed by atoms with E-state index in [0.29, 0.717) is 25.6 Å². The van der Waals surface area contributed by atoms with E-state index in [1.807, 2.05) is 0 Å². The number of nitrogens with zero attached hydrogens (tertiary/aromatic N) is 1. The molecule has 1 aromatic carbocycles. The average Bonchev–Trinajstić information content (AvgIpc) is 2.67. The van der Waals surface area contributed by atoms with Crippen LogP contribution < -0.4 is 11.1 Å². The molecule has 2 amide bonds. The summed E-state index contributed by atoms with van der Waals surface area (Å²) in [4.78, 5) is 25.5. The molecule has 1 fully saturated rings. The van der Waals surface area contributed by atoms with Crippen LogP contribution in [-0.4, -0.2) is 41.9 Å². The van der Waals surface area contributed by atoms with Gasteiger partial charge in [0.05, 0.1) is 0 Å². The summed E-state index contributed by atoms with van der Waals surface area (Å²) >= 11 is 0. The zero-order valence-corrected chi connectivity index (χ0v) is 13.3. The fourth-order valence-corrected chi connectivity index (χ4v) is 2.70. The summed E-state index contributed by atoms with van der Waals surface area (Å²) in [5.74, 6) is -3.90. The number of rotatable bonds is 4. The molecule has 1 unspecified atom stereocenters. The Morgan fingerprint density at radius 3 is 2.71 bits per heavy atom. The third-order valence-corrected chi connectivity index (χ3v) is 4.05. The molecule has 1 aromatic rings. The molecule has 1 heterocycles. The number of halogens is 3. The van der Waals surface area contributed by atoms with Gasteiger partial charge in [-0.2, -0.15) is 0 Å². The third kappa shape index (κ3) is 4.25. The number of carbonyl (C=O) groups is 2. The van der Waals surface area contributed by atoms with Crippen LogP contribution in [0.15, 0.2) is 12.1 Å². The van der Waals surface area contributed by atoms with Crippen molar-refractivity contribution in [1.82, 2.24) is 10.2 Å². The Kier molecular flexibility index (Phi) is 5.82. The zero-order valence-electron chi connectivity index (χ0n) is 13.3. The van der Waals surface area contributed by atoms with Gasteiger partial charge in [-0.3, -0.25) is 9.59 Å². The number of carbonyl (C=O) groups excluding carboxylic acids is 2. The minimum atomic E-state index is -1.27. The number of amides is 2. The molecule has 0 spiro atoms. The molecule has 8 heteroatoms. The lowest BCUT2D eigenvalue weighted by molar-refractivity contribution is -0.139. The molecular weight excluding hydrogens is 323 g/mol. The Morgan fingerprint density at radius 1 is 1.33 bits per heavy atom. The van der Waals surface area contributed by atoms with Crippen molar-refractivity contribution in [3.8, 4) is 0 Å². The fourth-order valence-electron chi connectivity index (χ4n) is 2.70. The summed E-state index contributed by atoms with van der Waals surface area (Å²) in [5, 5.41) is 2.70. The molecule has 3 N–H and O–H groups in total. The van der Waals surface area contributed by atoms with Gasteiger partial charge in [-0.25, -0.2) is 13.2 Å². The van der Waals surface area contributed by atoms with E-state index in [2.05, 4.69) is 5.32 Å². The first-order chi connectivity index (χ1) is 11.3. The van der Waals surface area contributed by atoms with Crippen LogP contribution in [0.4, 0.5) is 13.2 Å². The van der Waals surface area contributed by atoms with E-state index < -0.39 is 29.5 Å². The second-order valence-electron chi connectivity index (χ2n) is 5.93. The quantitative estimate of drug-likeness (QED) is 0.804. The lowest BCUT2D eigenvalue weighted by Crippen LogP contribution is -2.46. The average molecular weight is 343 g/mol. The van der Waals surface area contributed by atoms with E-state index in [1.54, 1.807) is 6.92 Å². The summed E-state index contributed by atoms with van der Waals surface area (Å²) in [6, 6.07) is -0.167. The molecule has 1 aliphatic heterocycles. The van der Waals surface area contributed by atoms with Gasteiger partial charge in [-0.05, 0) is 31.4 Å². The molecular formula is C16H20F3N3O2. The minimum absolute atomic E-state index is 0.0872. The minimum Gasteiger partial charge on any atom is -0.354 e. The molecule has 0 aromatic heterocycles. The fraction of sp³-hybridized carbons (Fsp3) is 0.500. The van der Waals surface area contributed by atoms with Crippen molar-refractivity contribution in [2.75, 3.05) is 13.1 Å². The monoisotopic (exact) mass is 343 g/mol. The van der Waals surface area contributed by atoms with Gasteiger partial charge in [0.2, 0.25) is 11.8 Å². The summed E-state index contributed by atoms with van der Waals surface area (Å²) in [5.41, 5.74) is 5.77. The highest BCUT2D eigenvalue weighted by molar-refractivity contribution is 5.87. The van der Waals surface area contributed by atoms with Gasteiger partial charge in [-0.1, -0.05) is 0 Å². The molecule has 0 bridgehead atoms. The second kappa shape index (κ2) is 7.65. The number of benzene rings is 1. The Labute approximate surface area is 138 Å². The van der Waals surface area contributed by atoms with Crippen molar-refractivity contribution in [2.45, 2.75) is 38.3 Å². The Balaban J connectivity index is 2.01. The topological polar surface area (TPSA) is 75.4 Å². The van der Waals surface area contributed by atoms with E-state index in [9.17, 15) is 22.8 Å². The van der Waals surface area contributed by atoms with Crippen LogP contribution in [0.3, 0.4) is 0 Å². The van der Waals surface area contributed by atoms with Crippen LogP contribution >= 0.6 is 0 Å². The molecule has 132 valence electrons. The molecule has 0 aliphatic carbocycles. The van der Waals surface area contributed by atoms with Crippen LogP contribution in [0.5, 0.6) is 0 Å². The number of hydrogen-bond acceptors (Lipinski definition) is 3. The maximum absolute atomic E-state index is 13.6. The van der Waals surface area contributed by atoms with Gasteiger partial charge in [0, 0.05) is 31.6 Å². The maximum atomic E-state index is 13.6. The Hall–Kier alpha value is -2.09. The first kappa shape index (κ1) is 18.3. The third-order valence-electron chi connectivity index (χ3n) is 4.05. The van der Waals surface area contributed by atoms with Gasteiger partial charge in [0.25, 0.3) is 0 Å². The maximum Gasteiger partial charge on any atom is 0.242 e. The van der Waals surface area contributed by atoms with E-state index in [4.69, 9.17) is 5.73 Å². The van der Waals surface area contributed by atoms with Crippen molar-refractivity contribution in [1.29, 1.82) is 0 Å². The molecule has 2 atom stereocenters. The molecule has 24 heavy (non-hydrogen) atoms. The molecule has 5 nitrogen and oxygen atoms in total. The van der Waals surface area contributed by atoms with Gasteiger partial charge < -0.3 is 16.0 Å². The highest BCUT2D eigenvalue weighted by atomic mass is 19.2. The molecule has 0 radical (unpaired) electrons. The van der Waals surface area contributed by atoms with Crippen LogP contribution in [0.1, 0.15) is 25.3 Å². The second-order valence-corrected chi connectivity index (χ2v) is 5.93. The van der Waals surface area contributed by atoms with E-state index in [0.717, 1.165) is 6.07 Å². The van der Waals surface area contributed by atoms with Crippen molar-refractivity contribution >= 4 is 11.8 Å². The molecule has 1 saturated heterocycles. The van der Waals surface area contributed by atoms with Crippen molar-refractivity contribution in [3.05, 3.63) is 35.1 Å². The van der Waals surface area contributed by atoms with E-state index in [1.165, 1.54) is 4.90 Å². The van der Waals surface area contributed by atoms with E-state index in [-0.39, 0.29) is 30.2 Å². The number of nitrogens with two attached hydrogens (primary N) is 1. The Bertz CT molecular complexity index is 639. The van der Waals surface area contributed by atoms with Crippen LogP contribution in [0.2, 0.25) is 0 Å². The van der Waals surface area contributed by atoms with Gasteiger partial charge >= 0.3 is 0 Å². The highest BCUT2D eigenvalue weighted by Crippen LogP contribution is 2.16. The number of hydrogen-bond donors (Lipinski definition) is 2. The van der Waals surface area contributed by atoms with Crippen LogP contribution in [0, 0.1) is 17.5 Å². The van der Waals surface area contributed by atoms with Crippen LogP contribution in [0.25, 0.3) is 0 Å². The SMILES string of the molecule is CC1C(=O)NCCCN1C(=O)C[C@H](N)Cc1cc(F)c(F)cc1F. The predicted molar refractivity (Wildman–Crippen MR) is 81.4 cm³/mol. The normalized spacial score (nSPS) is 19.6. The van der Waals surface area contributed by atoms with Crippen molar-refractivity contribution in [3.63, 3.8) is 0 Å². The predicted octanol–water partition coefficient (Wildman–Crippen LogP) is 1.10. The largest absolute Gasteiger partial charge is 0.354 e. The van der Waals surface area contributed by atoms with Crippen LogP contribution in [-0.2, 0) is 16.0 Å². The molecule has 2 rings (SSSR count). The highest BCUT2D eigenvalue weighted by Gasteiger charge is 2.28. The lowest BCUT2D eigenvalue weighted by Gasteiger charge is -2.26. The summed E-state index contributed by atoms with van der Waals surface area (Å²) in [6.07, 6.45) is 0.411. The van der Waals surface area contributed by atoms with Gasteiger partial charge in [0.15, 0.2) is 11.6 Å². The summed E-state index contributed by atoms with van der Waals surface area (Å²) in [7, 11) is 0. The zero-order chi connectivity index (χ0) is 17.9. The number of nitrogens with one attached hydrogen (secondary N) is 1. The lowest BCUT2D eigenvalue weighted by atomic mass is 10.0. The Morgan fingerprint density at radius 2 is 2.00 bits per heavy atom. The molecule has 1 aliphatic rings. The van der Waals surface area contributed by atoms with E-state index >= 15 is 0 Å². The van der Waals surface area contributed by atoms with Gasteiger partial charge in [0.1, 0.15) is 11.9 Å².